The Balaban J connectivity index is 2.43. The molecular weight excluding hydrogens is 269 g/mol. The summed E-state index contributed by atoms with van der Waals surface area (Å²) in [6.07, 6.45) is -3.49. The first-order chi connectivity index (χ1) is 9.44. The third-order valence-corrected chi connectivity index (χ3v) is 2.75. The minimum absolute atomic E-state index is 0.226. The Morgan fingerprint density at radius 1 is 1.25 bits per heavy atom. The summed E-state index contributed by atoms with van der Waals surface area (Å²) in [4.78, 5) is 1.35. The number of ether oxygens (including phenoxy) is 1. The van der Waals surface area contributed by atoms with Crippen molar-refractivity contribution in [1.82, 2.24) is 4.90 Å². The van der Waals surface area contributed by atoms with Crippen molar-refractivity contribution in [2.24, 2.45) is 5.73 Å². The summed E-state index contributed by atoms with van der Waals surface area (Å²) in [7, 11) is 0. The number of benzene rings is 1. The molecule has 20 heavy (non-hydrogen) atoms. The fourth-order valence-electron chi connectivity index (χ4n) is 1.89. The Bertz CT molecular complexity index is 396. The van der Waals surface area contributed by atoms with Crippen molar-refractivity contribution in [1.29, 1.82) is 0 Å². The Kier molecular flexibility index (Phi) is 6.81. The highest BCUT2D eigenvalue weighted by atomic mass is 19.4. The number of hydrogen-bond donors (Lipinski definition) is 1. The maximum atomic E-state index is 12.4. The molecule has 0 aromatic heterocycles. The molecule has 1 aromatic carbocycles. The quantitative estimate of drug-likeness (QED) is 0.800. The molecule has 0 radical (unpaired) electrons. The maximum Gasteiger partial charge on any atom is 0.401 e. The van der Waals surface area contributed by atoms with Crippen LogP contribution in [-0.2, 0) is 6.54 Å². The van der Waals surface area contributed by atoms with Crippen LogP contribution in [0.5, 0.6) is 5.75 Å². The van der Waals surface area contributed by atoms with Crippen LogP contribution in [0.4, 0.5) is 13.2 Å². The van der Waals surface area contributed by atoms with Crippen molar-refractivity contribution < 1.29 is 17.9 Å². The molecule has 0 spiro atoms. The van der Waals surface area contributed by atoms with Crippen molar-refractivity contribution in [2.75, 3.05) is 26.2 Å². The Morgan fingerprint density at radius 2 is 2.00 bits per heavy atom. The van der Waals surface area contributed by atoms with E-state index in [1.54, 1.807) is 12.1 Å². The van der Waals surface area contributed by atoms with Gasteiger partial charge in [-0.3, -0.25) is 4.90 Å². The summed E-state index contributed by atoms with van der Waals surface area (Å²) in [5, 5.41) is 0. The standard InChI is InChI=1S/C14H21F3N2O/c1-2-6-19(11-14(15,16)17)7-8-20-13-5-3-4-12(9-13)10-18/h3-5,9H,2,6-8,10-11,18H2,1H3. The molecule has 0 bridgehead atoms. The molecular formula is C14H21F3N2O. The summed E-state index contributed by atoms with van der Waals surface area (Å²) >= 11 is 0. The lowest BCUT2D eigenvalue weighted by Gasteiger charge is -2.23. The molecule has 3 nitrogen and oxygen atoms in total. The van der Waals surface area contributed by atoms with E-state index in [2.05, 4.69) is 0 Å². The van der Waals surface area contributed by atoms with E-state index >= 15 is 0 Å². The predicted octanol–water partition coefficient (Wildman–Crippen LogP) is 2.80. The number of nitrogens with two attached hydrogens (primary N) is 1. The molecule has 114 valence electrons. The zero-order chi connectivity index (χ0) is 15.0. The van der Waals surface area contributed by atoms with Crippen LogP contribution in [0.3, 0.4) is 0 Å². The first-order valence-corrected chi connectivity index (χ1v) is 6.65. The van der Waals surface area contributed by atoms with E-state index < -0.39 is 12.7 Å². The molecule has 0 aliphatic heterocycles. The van der Waals surface area contributed by atoms with Gasteiger partial charge >= 0.3 is 6.18 Å². The maximum absolute atomic E-state index is 12.4. The Labute approximate surface area is 117 Å². The summed E-state index contributed by atoms with van der Waals surface area (Å²) in [6, 6.07) is 7.26. The molecule has 0 aliphatic carbocycles. The van der Waals surface area contributed by atoms with E-state index in [1.807, 2.05) is 19.1 Å². The minimum Gasteiger partial charge on any atom is -0.492 e. The van der Waals surface area contributed by atoms with Gasteiger partial charge in [0, 0.05) is 13.1 Å². The van der Waals surface area contributed by atoms with Crippen LogP contribution in [0.2, 0.25) is 0 Å². The molecule has 1 rings (SSSR count). The highest BCUT2D eigenvalue weighted by Gasteiger charge is 2.30. The fourth-order valence-corrected chi connectivity index (χ4v) is 1.89. The smallest absolute Gasteiger partial charge is 0.401 e. The number of alkyl halides is 3. The van der Waals surface area contributed by atoms with Gasteiger partial charge in [0.1, 0.15) is 12.4 Å². The van der Waals surface area contributed by atoms with E-state index in [0.29, 0.717) is 25.3 Å². The minimum atomic E-state index is -4.17. The largest absolute Gasteiger partial charge is 0.492 e. The van der Waals surface area contributed by atoms with E-state index in [9.17, 15) is 13.2 Å². The van der Waals surface area contributed by atoms with Gasteiger partial charge in [0.2, 0.25) is 0 Å². The fraction of sp³-hybridized carbons (Fsp3) is 0.571. The van der Waals surface area contributed by atoms with Gasteiger partial charge in [-0.2, -0.15) is 13.2 Å². The van der Waals surface area contributed by atoms with E-state index in [4.69, 9.17) is 10.5 Å². The van der Waals surface area contributed by atoms with Gasteiger partial charge in [0.15, 0.2) is 0 Å². The van der Waals surface area contributed by atoms with Gasteiger partial charge in [0.05, 0.1) is 6.54 Å². The lowest BCUT2D eigenvalue weighted by atomic mass is 10.2. The summed E-state index contributed by atoms with van der Waals surface area (Å²) in [5.41, 5.74) is 6.45. The van der Waals surface area contributed by atoms with E-state index in [1.165, 1.54) is 4.90 Å². The molecule has 0 heterocycles. The molecule has 0 aliphatic rings. The van der Waals surface area contributed by atoms with Gasteiger partial charge in [-0.1, -0.05) is 19.1 Å². The molecule has 0 atom stereocenters. The molecule has 0 saturated carbocycles. The van der Waals surface area contributed by atoms with Gasteiger partial charge in [-0.25, -0.2) is 0 Å². The second-order valence-corrected chi connectivity index (χ2v) is 4.59. The average Bonchev–Trinajstić information content (AvgIpc) is 2.37. The van der Waals surface area contributed by atoms with Gasteiger partial charge in [0.25, 0.3) is 0 Å². The summed E-state index contributed by atoms with van der Waals surface area (Å²) in [6.45, 7) is 2.26. The normalized spacial score (nSPS) is 11.9. The zero-order valence-electron chi connectivity index (χ0n) is 11.6. The predicted molar refractivity (Wildman–Crippen MR) is 72.6 cm³/mol. The van der Waals surface area contributed by atoms with Crippen LogP contribution in [0, 0.1) is 0 Å². The first kappa shape index (κ1) is 16.8. The highest BCUT2D eigenvalue weighted by Crippen LogP contribution is 2.17. The monoisotopic (exact) mass is 290 g/mol. The van der Waals surface area contributed by atoms with E-state index in [0.717, 1.165) is 5.56 Å². The SMILES string of the molecule is CCCN(CCOc1cccc(CN)c1)CC(F)(F)F. The lowest BCUT2D eigenvalue weighted by molar-refractivity contribution is -0.146. The molecule has 1 aromatic rings. The number of nitrogens with zero attached hydrogens (tertiary/aromatic N) is 1. The van der Waals surface area contributed by atoms with Gasteiger partial charge in [-0.05, 0) is 30.7 Å². The number of rotatable bonds is 8. The van der Waals surface area contributed by atoms with Crippen LogP contribution in [-0.4, -0.2) is 37.3 Å². The molecule has 0 saturated heterocycles. The van der Waals surface area contributed by atoms with Gasteiger partial charge < -0.3 is 10.5 Å². The lowest BCUT2D eigenvalue weighted by Crippen LogP contribution is -2.37. The summed E-state index contributed by atoms with van der Waals surface area (Å²) in [5.74, 6) is 0.636. The van der Waals surface area contributed by atoms with Crippen LogP contribution in [0.1, 0.15) is 18.9 Å². The van der Waals surface area contributed by atoms with Crippen LogP contribution < -0.4 is 10.5 Å². The molecule has 2 N–H and O–H groups in total. The van der Waals surface area contributed by atoms with Crippen LogP contribution >= 0.6 is 0 Å². The average molecular weight is 290 g/mol. The third kappa shape index (κ3) is 6.77. The molecule has 6 heteroatoms. The molecule has 0 fully saturated rings. The first-order valence-electron chi connectivity index (χ1n) is 6.65. The summed E-state index contributed by atoms with van der Waals surface area (Å²) < 4.78 is 42.6. The third-order valence-electron chi connectivity index (χ3n) is 2.75. The van der Waals surface area contributed by atoms with Crippen molar-refractivity contribution in [2.45, 2.75) is 26.1 Å². The van der Waals surface area contributed by atoms with Gasteiger partial charge in [-0.15, -0.1) is 0 Å². The van der Waals surface area contributed by atoms with Crippen molar-refractivity contribution in [3.63, 3.8) is 0 Å². The molecule has 0 amide bonds. The second kappa shape index (κ2) is 8.11. The van der Waals surface area contributed by atoms with Crippen molar-refractivity contribution >= 4 is 0 Å². The van der Waals surface area contributed by atoms with Crippen molar-refractivity contribution in [3.8, 4) is 5.75 Å². The number of hydrogen-bond acceptors (Lipinski definition) is 3. The highest BCUT2D eigenvalue weighted by molar-refractivity contribution is 5.28. The van der Waals surface area contributed by atoms with Crippen LogP contribution in [0.25, 0.3) is 0 Å². The zero-order valence-corrected chi connectivity index (χ0v) is 11.6. The number of halogens is 3. The Morgan fingerprint density at radius 3 is 2.60 bits per heavy atom. The van der Waals surface area contributed by atoms with E-state index in [-0.39, 0.29) is 13.2 Å². The second-order valence-electron chi connectivity index (χ2n) is 4.59. The van der Waals surface area contributed by atoms with Crippen LogP contribution in [0.15, 0.2) is 24.3 Å². The Hall–Kier alpha value is -1.27. The topological polar surface area (TPSA) is 38.5 Å². The van der Waals surface area contributed by atoms with Crippen molar-refractivity contribution in [3.05, 3.63) is 29.8 Å². The molecule has 0 unspecified atom stereocenters.